The zero-order chi connectivity index (χ0) is 12.3. The van der Waals surface area contributed by atoms with Gasteiger partial charge in [-0.25, -0.2) is 18.2 Å². The highest BCUT2D eigenvalue weighted by molar-refractivity contribution is 5.71. The van der Waals surface area contributed by atoms with Gasteiger partial charge in [-0.3, -0.25) is 4.79 Å². The van der Waals surface area contributed by atoms with Gasteiger partial charge in [-0.05, 0) is 18.6 Å². The van der Waals surface area contributed by atoms with Gasteiger partial charge in [0.25, 0.3) is 6.43 Å². The SMILES string of the molecule is COC(=O)Cc1cc(C)c(F)c(C(F)F)n1. The zero-order valence-corrected chi connectivity index (χ0v) is 8.76. The van der Waals surface area contributed by atoms with Crippen molar-refractivity contribution in [2.75, 3.05) is 7.11 Å². The van der Waals surface area contributed by atoms with E-state index in [0.717, 1.165) is 0 Å². The van der Waals surface area contributed by atoms with Crippen LogP contribution in [0.4, 0.5) is 13.2 Å². The Kier molecular flexibility index (Phi) is 3.87. The van der Waals surface area contributed by atoms with Crippen LogP contribution in [0.15, 0.2) is 6.07 Å². The molecular formula is C10H10F3NO2. The molecule has 16 heavy (non-hydrogen) atoms. The lowest BCUT2D eigenvalue weighted by Gasteiger charge is -2.07. The summed E-state index contributed by atoms with van der Waals surface area (Å²) in [6, 6.07) is 1.25. The first-order valence-electron chi connectivity index (χ1n) is 4.46. The number of nitrogens with zero attached hydrogens (tertiary/aromatic N) is 1. The van der Waals surface area contributed by atoms with E-state index in [9.17, 15) is 18.0 Å². The first kappa shape index (κ1) is 12.5. The molecule has 0 radical (unpaired) electrons. The smallest absolute Gasteiger partial charge is 0.311 e. The Hall–Kier alpha value is -1.59. The van der Waals surface area contributed by atoms with Crippen molar-refractivity contribution in [3.63, 3.8) is 0 Å². The number of hydrogen-bond acceptors (Lipinski definition) is 3. The number of methoxy groups -OCH3 is 1. The average molecular weight is 233 g/mol. The quantitative estimate of drug-likeness (QED) is 0.751. The van der Waals surface area contributed by atoms with E-state index in [1.165, 1.54) is 20.1 Å². The fraction of sp³-hybridized carbons (Fsp3) is 0.400. The van der Waals surface area contributed by atoms with Crippen LogP contribution in [0.3, 0.4) is 0 Å². The third-order valence-corrected chi connectivity index (χ3v) is 1.98. The number of alkyl halides is 2. The molecule has 0 atom stereocenters. The molecule has 0 saturated carbocycles. The highest BCUT2D eigenvalue weighted by Crippen LogP contribution is 2.22. The molecule has 0 unspecified atom stereocenters. The summed E-state index contributed by atoms with van der Waals surface area (Å²) in [5, 5.41) is 0. The molecule has 0 bridgehead atoms. The third kappa shape index (κ3) is 2.71. The molecule has 0 fully saturated rings. The number of carbonyl (C=O) groups excluding carboxylic acids is 1. The maximum atomic E-state index is 13.2. The molecule has 0 aromatic carbocycles. The molecule has 6 heteroatoms. The van der Waals surface area contributed by atoms with E-state index in [1.54, 1.807) is 0 Å². The van der Waals surface area contributed by atoms with E-state index < -0.39 is 23.9 Å². The zero-order valence-electron chi connectivity index (χ0n) is 8.76. The highest BCUT2D eigenvalue weighted by Gasteiger charge is 2.19. The van der Waals surface area contributed by atoms with Gasteiger partial charge in [0.15, 0.2) is 5.82 Å². The molecule has 0 amide bonds. The summed E-state index contributed by atoms with van der Waals surface area (Å²) in [5.74, 6) is -1.65. The van der Waals surface area contributed by atoms with Crippen molar-refractivity contribution >= 4 is 5.97 Å². The minimum atomic E-state index is -3.00. The molecule has 0 aliphatic heterocycles. The predicted octanol–water partition coefficient (Wildman–Crippen LogP) is 2.18. The van der Waals surface area contributed by atoms with Crippen LogP contribution in [0.1, 0.15) is 23.4 Å². The van der Waals surface area contributed by atoms with Crippen molar-refractivity contribution < 1.29 is 22.7 Å². The lowest BCUT2D eigenvalue weighted by atomic mass is 10.1. The second kappa shape index (κ2) is 4.96. The summed E-state index contributed by atoms with van der Waals surface area (Å²) in [7, 11) is 1.17. The topological polar surface area (TPSA) is 39.2 Å². The van der Waals surface area contributed by atoms with E-state index in [4.69, 9.17) is 0 Å². The van der Waals surface area contributed by atoms with E-state index >= 15 is 0 Å². The van der Waals surface area contributed by atoms with Crippen LogP contribution in [0.5, 0.6) is 0 Å². The normalized spacial score (nSPS) is 10.6. The average Bonchev–Trinajstić information content (AvgIpc) is 2.22. The van der Waals surface area contributed by atoms with E-state index in [2.05, 4.69) is 9.72 Å². The van der Waals surface area contributed by atoms with Gasteiger partial charge in [0.1, 0.15) is 5.69 Å². The number of hydrogen-bond donors (Lipinski definition) is 0. The van der Waals surface area contributed by atoms with Crippen LogP contribution in [-0.2, 0) is 16.0 Å². The summed E-state index contributed by atoms with van der Waals surface area (Å²) in [5.41, 5.74) is -0.829. The van der Waals surface area contributed by atoms with E-state index in [0.29, 0.717) is 0 Å². The largest absolute Gasteiger partial charge is 0.469 e. The van der Waals surface area contributed by atoms with Gasteiger partial charge in [0.2, 0.25) is 0 Å². The predicted molar refractivity (Wildman–Crippen MR) is 49.6 cm³/mol. The van der Waals surface area contributed by atoms with Gasteiger partial charge >= 0.3 is 5.97 Å². The number of halogens is 3. The minimum absolute atomic E-state index is 0.0317. The molecule has 1 rings (SSSR count). The van der Waals surface area contributed by atoms with Crippen LogP contribution in [-0.4, -0.2) is 18.1 Å². The number of aromatic nitrogens is 1. The summed E-state index contributed by atoms with van der Waals surface area (Å²) < 4.78 is 42.3. The Morgan fingerprint density at radius 2 is 2.19 bits per heavy atom. The molecular weight excluding hydrogens is 223 g/mol. The van der Waals surface area contributed by atoms with Crippen LogP contribution >= 0.6 is 0 Å². The summed E-state index contributed by atoms with van der Waals surface area (Å²) in [6.45, 7) is 1.34. The van der Waals surface area contributed by atoms with Gasteiger partial charge in [-0.15, -0.1) is 0 Å². The van der Waals surface area contributed by atoms with Crippen molar-refractivity contribution in [3.05, 3.63) is 28.8 Å². The molecule has 0 saturated heterocycles. The number of carbonyl (C=O) groups is 1. The van der Waals surface area contributed by atoms with Crippen LogP contribution in [0.2, 0.25) is 0 Å². The standard InChI is InChI=1S/C10H10F3NO2/c1-5-3-6(4-7(15)16-2)14-9(8(5)11)10(12)13/h3,10H,4H2,1-2H3. The lowest BCUT2D eigenvalue weighted by Crippen LogP contribution is -2.09. The number of aryl methyl sites for hydroxylation is 1. The molecule has 0 spiro atoms. The number of rotatable bonds is 3. The molecule has 88 valence electrons. The second-order valence-electron chi connectivity index (χ2n) is 3.18. The Balaban J connectivity index is 3.09. The van der Waals surface area contributed by atoms with Crippen molar-refractivity contribution in [2.24, 2.45) is 0 Å². The van der Waals surface area contributed by atoms with Crippen LogP contribution in [0, 0.1) is 12.7 Å². The van der Waals surface area contributed by atoms with Crippen molar-refractivity contribution in [1.29, 1.82) is 0 Å². The van der Waals surface area contributed by atoms with Gasteiger partial charge in [-0.2, -0.15) is 0 Å². The molecule has 0 aliphatic rings. The Labute approximate surface area is 90.2 Å². The summed E-state index contributed by atoms with van der Waals surface area (Å²) in [4.78, 5) is 14.3. The summed E-state index contributed by atoms with van der Waals surface area (Å²) >= 11 is 0. The second-order valence-corrected chi connectivity index (χ2v) is 3.18. The highest BCUT2D eigenvalue weighted by atomic mass is 19.3. The molecule has 1 heterocycles. The Bertz CT molecular complexity index is 407. The molecule has 3 nitrogen and oxygen atoms in total. The van der Waals surface area contributed by atoms with E-state index in [-0.39, 0.29) is 17.7 Å². The third-order valence-electron chi connectivity index (χ3n) is 1.98. The first-order chi connectivity index (χ1) is 7.45. The monoisotopic (exact) mass is 233 g/mol. The number of pyridine rings is 1. The van der Waals surface area contributed by atoms with E-state index in [1.807, 2.05) is 0 Å². The van der Waals surface area contributed by atoms with Crippen molar-refractivity contribution in [3.8, 4) is 0 Å². The first-order valence-corrected chi connectivity index (χ1v) is 4.46. The minimum Gasteiger partial charge on any atom is -0.469 e. The maximum absolute atomic E-state index is 13.2. The fourth-order valence-corrected chi connectivity index (χ4v) is 1.21. The Morgan fingerprint density at radius 1 is 1.56 bits per heavy atom. The van der Waals surface area contributed by atoms with Gasteiger partial charge in [-0.1, -0.05) is 0 Å². The molecule has 1 aromatic rings. The molecule has 0 N–H and O–H groups in total. The maximum Gasteiger partial charge on any atom is 0.311 e. The van der Waals surface area contributed by atoms with Gasteiger partial charge < -0.3 is 4.74 Å². The van der Waals surface area contributed by atoms with Gasteiger partial charge in [0, 0.05) is 0 Å². The van der Waals surface area contributed by atoms with Gasteiger partial charge in [0.05, 0.1) is 19.2 Å². The Morgan fingerprint density at radius 3 is 2.69 bits per heavy atom. The van der Waals surface area contributed by atoms with Crippen LogP contribution < -0.4 is 0 Å². The fourth-order valence-electron chi connectivity index (χ4n) is 1.21. The lowest BCUT2D eigenvalue weighted by molar-refractivity contribution is -0.139. The van der Waals surface area contributed by atoms with Crippen molar-refractivity contribution in [2.45, 2.75) is 19.8 Å². The number of ether oxygens (including phenoxy) is 1. The molecule has 1 aromatic heterocycles. The van der Waals surface area contributed by atoms with Crippen LogP contribution in [0.25, 0.3) is 0 Å². The van der Waals surface area contributed by atoms with Crippen molar-refractivity contribution in [1.82, 2.24) is 4.98 Å². The summed E-state index contributed by atoms with van der Waals surface area (Å²) in [6.07, 6.45) is -3.26. The number of esters is 1. The molecule has 0 aliphatic carbocycles.